The molecule has 0 radical (unpaired) electrons. The van der Waals surface area contributed by atoms with E-state index >= 15 is 0 Å². The van der Waals surface area contributed by atoms with Crippen molar-refractivity contribution in [3.05, 3.63) is 33.2 Å². The van der Waals surface area contributed by atoms with Crippen LogP contribution in [0.2, 0.25) is 0 Å². The van der Waals surface area contributed by atoms with Gasteiger partial charge in [0.05, 0.1) is 11.0 Å². The maximum Gasteiger partial charge on any atom is 0.326 e. The second kappa shape index (κ2) is 3.77. The van der Waals surface area contributed by atoms with Crippen LogP contribution in [0.15, 0.2) is 27.5 Å². The molecule has 4 heteroatoms. The monoisotopic (exact) mass is 280 g/mol. The summed E-state index contributed by atoms with van der Waals surface area (Å²) in [7, 11) is 0. The minimum atomic E-state index is 0.0278. The van der Waals surface area contributed by atoms with Gasteiger partial charge in [-0.05, 0) is 31.0 Å². The topological polar surface area (TPSA) is 37.8 Å². The molecule has 0 bridgehead atoms. The van der Waals surface area contributed by atoms with Crippen LogP contribution < -0.4 is 5.69 Å². The van der Waals surface area contributed by atoms with Gasteiger partial charge < -0.3 is 4.98 Å². The minimum Gasteiger partial charge on any atom is -0.305 e. The zero-order valence-corrected chi connectivity index (χ0v) is 10.5. The molecule has 84 valence electrons. The fourth-order valence-corrected chi connectivity index (χ4v) is 2.99. The van der Waals surface area contributed by atoms with Gasteiger partial charge in [-0.3, -0.25) is 4.57 Å². The van der Waals surface area contributed by atoms with Crippen LogP contribution in [-0.4, -0.2) is 9.55 Å². The molecule has 0 unspecified atom stereocenters. The average Bonchev–Trinajstić information content (AvgIpc) is 2.83. The molecule has 3 rings (SSSR count). The van der Waals surface area contributed by atoms with E-state index in [0.29, 0.717) is 6.04 Å². The Morgan fingerprint density at radius 1 is 1.31 bits per heavy atom. The van der Waals surface area contributed by atoms with E-state index in [1.54, 1.807) is 0 Å². The zero-order valence-electron chi connectivity index (χ0n) is 8.87. The smallest absolute Gasteiger partial charge is 0.305 e. The van der Waals surface area contributed by atoms with Crippen molar-refractivity contribution >= 4 is 27.0 Å². The second-order valence-electron chi connectivity index (χ2n) is 4.40. The minimum absolute atomic E-state index is 0.0278. The Labute approximate surface area is 102 Å². The van der Waals surface area contributed by atoms with Crippen molar-refractivity contribution in [2.24, 2.45) is 0 Å². The molecule has 1 aromatic carbocycles. The van der Waals surface area contributed by atoms with Gasteiger partial charge in [0.1, 0.15) is 0 Å². The van der Waals surface area contributed by atoms with Crippen LogP contribution >= 0.6 is 15.9 Å². The van der Waals surface area contributed by atoms with E-state index in [2.05, 4.69) is 20.9 Å². The number of benzene rings is 1. The molecule has 1 aromatic heterocycles. The largest absolute Gasteiger partial charge is 0.326 e. The number of fused-ring (bicyclic) bond motifs is 1. The van der Waals surface area contributed by atoms with Crippen LogP contribution in [0, 0.1) is 0 Å². The number of nitrogens with one attached hydrogen (secondary N) is 1. The lowest BCUT2D eigenvalue weighted by molar-refractivity contribution is 0.518. The average molecular weight is 281 g/mol. The number of aromatic amines is 1. The van der Waals surface area contributed by atoms with Gasteiger partial charge in [-0.15, -0.1) is 0 Å². The molecule has 1 N–H and O–H groups in total. The summed E-state index contributed by atoms with van der Waals surface area (Å²) < 4.78 is 2.93. The maximum absolute atomic E-state index is 11.9. The summed E-state index contributed by atoms with van der Waals surface area (Å²) in [6, 6.07) is 6.35. The van der Waals surface area contributed by atoms with Crippen LogP contribution in [-0.2, 0) is 0 Å². The highest BCUT2D eigenvalue weighted by Crippen LogP contribution is 2.31. The Morgan fingerprint density at radius 2 is 2.06 bits per heavy atom. The van der Waals surface area contributed by atoms with E-state index < -0.39 is 0 Å². The molecule has 0 spiro atoms. The molecular formula is C12H13BrN2O. The van der Waals surface area contributed by atoms with Gasteiger partial charge in [-0.1, -0.05) is 28.8 Å². The first kappa shape index (κ1) is 10.1. The quantitative estimate of drug-likeness (QED) is 0.856. The van der Waals surface area contributed by atoms with Crippen molar-refractivity contribution in [1.29, 1.82) is 0 Å². The van der Waals surface area contributed by atoms with Gasteiger partial charge in [0.15, 0.2) is 0 Å². The van der Waals surface area contributed by atoms with Crippen molar-refractivity contribution in [3.8, 4) is 0 Å². The van der Waals surface area contributed by atoms with Gasteiger partial charge in [-0.25, -0.2) is 4.79 Å². The van der Waals surface area contributed by atoms with Gasteiger partial charge in [0.25, 0.3) is 0 Å². The summed E-state index contributed by atoms with van der Waals surface area (Å²) in [6.45, 7) is 0. The fraction of sp³-hybridized carbons (Fsp3) is 0.417. The van der Waals surface area contributed by atoms with E-state index in [4.69, 9.17) is 0 Å². The molecule has 0 atom stereocenters. The number of imidazole rings is 1. The van der Waals surface area contributed by atoms with Gasteiger partial charge in [-0.2, -0.15) is 0 Å². The van der Waals surface area contributed by atoms with Crippen LogP contribution in [0.5, 0.6) is 0 Å². The van der Waals surface area contributed by atoms with Gasteiger partial charge >= 0.3 is 5.69 Å². The molecule has 1 heterocycles. The number of aromatic nitrogens is 2. The summed E-state index contributed by atoms with van der Waals surface area (Å²) in [5.41, 5.74) is 1.98. The Balaban J connectivity index is 2.23. The third kappa shape index (κ3) is 1.52. The SMILES string of the molecule is O=c1[nH]c2cc(Br)ccc2n1C1CCCC1. The van der Waals surface area contributed by atoms with Crippen molar-refractivity contribution in [2.45, 2.75) is 31.7 Å². The fourth-order valence-electron chi connectivity index (χ4n) is 2.63. The number of nitrogens with zero attached hydrogens (tertiary/aromatic N) is 1. The Kier molecular flexibility index (Phi) is 2.39. The predicted molar refractivity (Wildman–Crippen MR) is 67.8 cm³/mol. The number of hydrogen-bond acceptors (Lipinski definition) is 1. The van der Waals surface area contributed by atoms with Crippen molar-refractivity contribution in [3.63, 3.8) is 0 Å². The summed E-state index contributed by atoms with van der Waals surface area (Å²) in [5, 5.41) is 0. The number of hydrogen-bond donors (Lipinski definition) is 1. The number of rotatable bonds is 1. The molecule has 1 saturated carbocycles. The van der Waals surface area contributed by atoms with E-state index in [9.17, 15) is 4.79 Å². The third-order valence-electron chi connectivity index (χ3n) is 3.37. The maximum atomic E-state index is 11.9. The lowest BCUT2D eigenvalue weighted by Gasteiger charge is -2.10. The molecule has 2 aromatic rings. The first-order chi connectivity index (χ1) is 7.75. The van der Waals surface area contributed by atoms with Crippen molar-refractivity contribution in [1.82, 2.24) is 9.55 Å². The standard InChI is InChI=1S/C12H13BrN2O/c13-8-5-6-11-10(7-8)14-12(16)15(11)9-3-1-2-4-9/h5-7,9H,1-4H2,(H,14,16). The van der Waals surface area contributed by atoms with Gasteiger partial charge in [0.2, 0.25) is 0 Å². The lowest BCUT2D eigenvalue weighted by Crippen LogP contribution is -2.20. The van der Waals surface area contributed by atoms with Crippen LogP contribution in [0.1, 0.15) is 31.7 Å². The van der Waals surface area contributed by atoms with Crippen LogP contribution in [0.3, 0.4) is 0 Å². The summed E-state index contributed by atoms with van der Waals surface area (Å²) >= 11 is 3.42. The number of H-pyrrole nitrogens is 1. The van der Waals surface area contributed by atoms with Crippen molar-refractivity contribution in [2.75, 3.05) is 0 Å². The van der Waals surface area contributed by atoms with Gasteiger partial charge in [0, 0.05) is 10.5 Å². The van der Waals surface area contributed by atoms with E-state index in [1.165, 1.54) is 12.8 Å². The Morgan fingerprint density at radius 3 is 2.81 bits per heavy atom. The lowest BCUT2D eigenvalue weighted by atomic mass is 10.2. The Hall–Kier alpha value is -1.03. The normalized spacial score (nSPS) is 17.3. The molecule has 1 aliphatic rings. The molecule has 16 heavy (non-hydrogen) atoms. The van der Waals surface area contributed by atoms with Crippen LogP contribution in [0.4, 0.5) is 0 Å². The summed E-state index contributed by atoms with van der Waals surface area (Å²) in [6.07, 6.45) is 4.73. The molecule has 0 saturated heterocycles. The highest BCUT2D eigenvalue weighted by Gasteiger charge is 2.20. The van der Waals surface area contributed by atoms with E-state index in [1.807, 2.05) is 22.8 Å². The number of halogens is 1. The van der Waals surface area contributed by atoms with Crippen molar-refractivity contribution < 1.29 is 0 Å². The Bertz CT molecular complexity index is 578. The highest BCUT2D eigenvalue weighted by molar-refractivity contribution is 9.10. The molecule has 0 amide bonds. The molecule has 1 fully saturated rings. The highest BCUT2D eigenvalue weighted by atomic mass is 79.9. The summed E-state index contributed by atoms with van der Waals surface area (Å²) in [5.74, 6) is 0. The molecule has 0 aliphatic heterocycles. The molecule has 1 aliphatic carbocycles. The van der Waals surface area contributed by atoms with E-state index in [0.717, 1.165) is 28.3 Å². The predicted octanol–water partition coefficient (Wildman–Crippen LogP) is 3.21. The van der Waals surface area contributed by atoms with Crippen LogP contribution in [0.25, 0.3) is 11.0 Å². The molecule has 3 nitrogen and oxygen atoms in total. The molecular weight excluding hydrogens is 268 g/mol. The zero-order chi connectivity index (χ0) is 11.1. The second-order valence-corrected chi connectivity index (χ2v) is 5.32. The first-order valence-corrected chi connectivity index (χ1v) is 6.45. The van der Waals surface area contributed by atoms with E-state index in [-0.39, 0.29) is 5.69 Å². The first-order valence-electron chi connectivity index (χ1n) is 5.65. The summed E-state index contributed by atoms with van der Waals surface area (Å²) in [4.78, 5) is 14.9. The third-order valence-corrected chi connectivity index (χ3v) is 3.86.